The monoisotopic (exact) mass is 704 g/mol. The van der Waals surface area contributed by atoms with Gasteiger partial charge in [-0.2, -0.15) is 5.10 Å². The first-order chi connectivity index (χ1) is 23.9. The lowest BCUT2D eigenvalue weighted by Gasteiger charge is -2.71. The van der Waals surface area contributed by atoms with Gasteiger partial charge in [0.25, 0.3) is 0 Å². The average Bonchev–Trinajstić information content (AvgIpc) is 3.76. The van der Waals surface area contributed by atoms with Gasteiger partial charge in [0.2, 0.25) is 0 Å². The Morgan fingerprint density at radius 2 is 1.86 bits per heavy atom. The van der Waals surface area contributed by atoms with Crippen molar-refractivity contribution in [3.8, 4) is 11.4 Å². The summed E-state index contributed by atoms with van der Waals surface area (Å²) < 4.78 is 21.5. The molecule has 2 aromatic rings. The summed E-state index contributed by atoms with van der Waals surface area (Å²) in [7, 11) is 0. The lowest BCUT2D eigenvalue weighted by Crippen LogP contribution is -2.69. The molecule has 51 heavy (non-hydrogen) atoms. The van der Waals surface area contributed by atoms with Gasteiger partial charge in [-0.3, -0.25) is 4.79 Å². The van der Waals surface area contributed by atoms with E-state index in [1.165, 1.54) is 5.57 Å². The number of hydrogen-bond donors (Lipinski definition) is 2. The SMILES string of the molecule is CC(C)[C@@H](C)[C@@]1(C)CC[C@]2(C)[C@H]3CC[C@@H]4[C@@]5(COC[C@]4(C)[C@@H](OC[C@](C)(N)C(C)C)[C@H](n4ncnc4-c4ccoc4)C5)C3=CC[C@@]2(C)[C@@H]1C(=O)O. The maximum atomic E-state index is 13.5. The molecule has 1 saturated heterocycles. The van der Waals surface area contributed by atoms with Gasteiger partial charge in [-0.15, -0.1) is 0 Å². The molecule has 3 heterocycles. The third kappa shape index (κ3) is 5.13. The quantitative estimate of drug-likeness (QED) is 0.249. The van der Waals surface area contributed by atoms with Crippen LogP contribution in [0.1, 0.15) is 114 Å². The van der Waals surface area contributed by atoms with E-state index < -0.39 is 17.4 Å². The smallest absolute Gasteiger partial charge is 0.307 e. The summed E-state index contributed by atoms with van der Waals surface area (Å²) in [6, 6.07) is 1.83. The van der Waals surface area contributed by atoms with E-state index in [4.69, 9.17) is 29.7 Å². The predicted molar refractivity (Wildman–Crippen MR) is 198 cm³/mol. The van der Waals surface area contributed by atoms with E-state index in [-0.39, 0.29) is 51.1 Å². The van der Waals surface area contributed by atoms with Crippen LogP contribution >= 0.6 is 0 Å². The first kappa shape index (κ1) is 36.9. The molecule has 0 amide bonds. The zero-order valence-electron chi connectivity index (χ0n) is 32.9. The number of carboxylic acids is 1. The number of aliphatic carboxylic acids is 1. The van der Waals surface area contributed by atoms with E-state index in [2.05, 4.69) is 80.0 Å². The zero-order chi connectivity index (χ0) is 36.9. The van der Waals surface area contributed by atoms with Crippen molar-refractivity contribution in [2.24, 2.45) is 68.3 Å². The molecule has 4 aliphatic carbocycles. The Kier molecular flexibility index (Phi) is 8.87. The molecular formula is C42H64N4O5. The Bertz CT molecular complexity index is 1650. The molecule has 0 unspecified atom stereocenters. The fraction of sp³-hybridized carbons (Fsp3) is 0.786. The third-order valence-electron chi connectivity index (χ3n) is 16.6. The molecule has 4 fully saturated rings. The number of nitrogens with two attached hydrogens (primary N) is 1. The van der Waals surface area contributed by atoms with Gasteiger partial charge in [0.15, 0.2) is 5.82 Å². The second-order valence-corrected chi connectivity index (χ2v) is 19.5. The summed E-state index contributed by atoms with van der Waals surface area (Å²) in [6.45, 7) is 24.3. The van der Waals surface area contributed by atoms with Crippen molar-refractivity contribution in [2.45, 2.75) is 125 Å². The largest absolute Gasteiger partial charge is 0.481 e. The van der Waals surface area contributed by atoms with E-state index in [1.54, 1.807) is 18.9 Å². The summed E-state index contributed by atoms with van der Waals surface area (Å²) in [5.41, 5.74) is 7.45. The minimum atomic E-state index is -0.625. The highest BCUT2D eigenvalue weighted by Gasteiger charge is 2.72. The van der Waals surface area contributed by atoms with Crippen molar-refractivity contribution < 1.29 is 23.8 Å². The molecular weight excluding hydrogens is 640 g/mol. The number of furan rings is 1. The number of allylic oxidation sites excluding steroid dienone is 1. The average molecular weight is 705 g/mol. The molecule has 9 heteroatoms. The highest BCUT2D eigenvalue weighted by atomic mass is 16.5. The Labute approximate surface area is 305 Å². The molecule has 3 saturated carbocycles. The highest BCUT2D eigenvalue weighted by molar-refractivity contribution is 5.73. The van der Waals surface area contributed by atoms with Crippen LogP contribution in [0, 0.1) is 62.6 Å². The summed E-state index contributed by atoms with van der Waals surface area (Å²) in [5, 5.41) is 16.0. The molecule has 2 bridgehead atoms. The molecule has 2 aromatic heterocycles. The van der Waals surface area contributed by atoms with Gasteiger partial charge in [-0.1, -0.05) is 74.0 Å². The van der Waals surface area contributed by atoms with Gasteiger partial charge >= 0.3 is 5.97 Å². The molecule has 0 radical (unpaired) electrons. The molecule has 0 aromatic carbocycles. The van der Waals surface area contributed by atoms with Gasteiger partial charge in [0.05, 0.1) is 49.7 Å². The second kappa shape index (κ2) is 12.3. The van der Waals surface area contributed by atoms with Crippen molar-refractivity contribution in [1.82, 2.24) is 14.8 Å². The number of carbonyl (C=O) groups is 1. The molecule has 12 atom stereocenters. The Morgan fingerprint density at radius 1 is 1.12 bits per heavy atom. The molecule has 5 aliphatic rings. The van der Waals surface area contributed by atoms with Crippen molar-refractivity contribution in [3.63, 3.8) is 0 Å². The first-order valence-corrected chi connectivity index (χ1v) is 19.7. The van der Waals surface area contributed by atoms with E-state index in [1.807, 2.05) is 6.07 Å². The highest BCUT2D eigenvalue weighted by Crippen LogP contribution is 2.75. The van der Waals surface area contributed by atoms with Crippen molar-refractivity contribution in [3.05, 3.63) is 36.6 Å². The number of aromatic nitrogens is 3. The summed E-state index contributed by atoms with van der Waals surface area (Å²) in [6.07, 6.45) is 13.1. The Morgan fingerprint density at radius 3 is 2.51 bits per heavy atom. The van der Waals surface area contributed by atoms with Crippen LogP contribution in [-0.4, -0.2) is 57.3 Å². The Balaban J connectivity index is 1.35. The topological polar surface area (TPSA) is 126 Å². The summed E-state index contributed by atoms with van der Waals surface area (Å²) in [4.78, 5) is 18.3. The van der Waals surface area contributed by atoms with Crippen molar-refractivity contribution >= 4 is 5.97 Å². The molecule has 282 valence electrons. The summed E-state index contributed by atoms with van der Waals surface area (Å²) >= 11 is 0. The van der Waals surface area contributed by atoms with Crippen LogP contribution in [-0.2, 0) is 14.3 Å². The van der Waals surface area contributed by atoms with Crippen LogP contribution in [0.5, 0.6) is 0 Å². The van der Waals surface area contributed by atoms with E-state index in [0.29, 0.717) is 37.6 Å². The van der Waals surface area contributed by atoms with Gasteiger partial charge < -0.3 is 24.7 Å². The normalized spacial score (nSPS) is 42.4. The lowest BCUT2D eigenvalue weighted by atomic mass is 9.34. The van der Waals surface area contributed by atoms with Crippen LogP contribution in [0.4, 0.5) is 0 Å². The van der Waals surface area contributed by atoms with Crippen molar-refractivity contribution in [1.29, 1.82) is 0 Å². The lowest BCUT2D eigenvalue weighted by molar-refractivity contribution is -0.252. The van der Waals surface area contributed by atoms with Crippen molar-refractivity contribution in [2.75, 3.05) is 19.8 Å². The number of carboxylic acid groups (broad SMARTS) is 1. The van der Waals surface area contributed by atoms with Crippen LogP contribution < -0.4 is 5.73 Å². The van der Waals surface area contributed by atoms with Crippen LogP contribution in [0.3, 0.4) is 0 Å². The first-order valence-electron chi connectivity index (χ1n) is 19.7. The fourth-order valence-corrected chi connectivity index (χ4v) is 12.6. The van der Waals surface area contributed by atoms with E-state index in [9.17, 15) is 9.90 Å². The Hall–Kier alpha value is -2.49. The zero-order valence-corrected chi connectivity index (χ0v) is 32.9. The molecule has 7 rings (SSSR count). The second-order valence-electron chi connectivity index (χ2n) is 19.5. The van der Waals surface area contributed by atoms with Gasteiger partial charge in [-0.25, -0.2) is 9.67 Å². The van der Waals surface area contributed by atoms with Crippen LogP contribution in [0.15, 0.2) is 41.0 Å². The predicted octanol–water partition coefficient (Wildman–Crippen LogP) is 8.43. The van der Waals surface area contributed by atoms with Crippen LogP contribution in [0.2, 0.25) is 0 Å². The van der Waals surface area contributed by atoms with E-state index >= 15 is 0 Å². The summed E-state index contributed by atoms with van der Waals surface area (Å²) in [5.74, 6) is 1.34. The molecule has 0 spiro atoms. The number of fused-ring (bicyclic) bond motifs is 3. The minimum absolute atomic E-state index is 0.111. The standard InChI is InChI=1S/C42H64N4O5/c1-25(2)27(5)37(6)16-17-39(8)29-11-12-32-38(7)21-50-23-42(32,30(29)13-15-40(39,9)33(37)36(47)48)19-31(34(38)51-22-41(10,43)26(3)4)46-35(44-24-45-46)28-14-18-49-20-28/h13-14,18,20,24-27,29,31-34H,11-12,15-17,19,21-23,43H2,1-10H3,(H,47,48)/t27-,29+,31-,32+,33-,34+,37-,38+,39-,40+,41+,42+/m1/s1. The minimum Gasteiger partial charge on any atom is -0.481 e. The van der Waals surface area contributed by atoms with E-state index in [0.717, 1.165) is 49.9 Å². The number of rotatable bonds is 9. The molecule has 9 nitrogen and oxygen atoms in total. The number of nitrogens with zero attached hydrogens (tertiary/aromatic N) is 3. The van der Waals surface area contributed by atoms with Gasteiger partial charge in [0, 0.05) is 16.4 Å². The fourth-order valence-electron chi connectivity index (χ4n) is 12.6. The molecule has 1 aliphatic heterocycles. The molecule has 3 N–H and O–H groups in total. The number of hydrogen-bond acceptors (Lipinski definition) is 7. The third-order valence-corrected chi connectivity index (χ3v) is 16.6. The van der Waals surface area contributed by atoms with Gasteiger partial charge in [-0.05, 0) is 97.3 Å². The number of ether oxygens (including phenoxy) is 2. The maximum absolute atomic E-state index is 13.5. The maximum Gasteiger partial charge on any atom is 0.307 e. The van der Waals surface area contributed by atoms with Crippen LogP contribution in [0.25, 0.3) is 11.4 Å². The van der Waals surface area contributed by atoms with Gasteiger partial charge in [0.1, 0.15) is 12.6 Å².